The van der Waals surface area contributed by atoms with Crippen LogP contribution in [0.15, 0.2) is 72.8 Å². The lowest BCUT2D eigenvalue weighted by molar-refractivity contribution is 0.567. The molecular formula is C49H55NS8. The van der Waals surface area contributed by atoms with E-state index in [0.29, 0.717) is 0 Å². The number of unbranched alkanes of at least 4 members (excludes halogenated alkanes) is 6. The van der Waals surface area contributed by atoms with Gasteiger partial charge in [0.05, 0.1) is 9.75 Å². The Bertz CT molecular complexity index is 2550. The Morgan fingerprint density at radius 2 is 0.897 bits per heavy atom. The van der Waals surface area contributed by atoms with E-state index in [1.807, 2.05) is 90.7 Å². The number of rotatable bonds is 17. The molecule has 304 valence electrons. The van der Waals surface area contributed by atoms with Crippen molar-refractivity contribution in [2.24, 2.45) is 5.73 Å². The molecule has 0 aliphatic heterocycles. The van der Waals surface area contributed by atoms with Crippen molar-refractivity contribution in [2.45, 2.75) is 124 Å². The van der Waals surface area contributed by atoms with Gasteiger partial charge in [-0.3, -0.25) is 0 Å². The fraction of sp³-hybridized carbons (Fsp3) is 0.388. The summed E-state index contributed by atoms with van der Waals surface area (Å²) in [6, 6.07) is 28.7. The van der Waals surface area contributed by atoms with E-state index in [2.05, 4.69) is 121 Å². The third kappa shape index (κ3) is 9.49. The van der Waals surface area contributed by atoms with Crippen LogP contribution in [0.2, 0.25) is 0 Å². The zero-order chi connectivity index (χ0) is 40.6. The summed E-state index contributed by atoms with van der Waals surface area (Å²) in [6.45, 7) is 15.9. The van der Waals surface area contributed by atoms with E-state index in [-0.39, 0.29) is 11.0 Å². The Hall–Kier alpha value is -2.18. The van der Waals surface area contributed by atoms with Crippen LogP contribution >= 0.6 is 90.7 Å². The first kappa shape index (κ1) is 42.5. The predicted molar refractivity (Wildman–Crippen MR) is 271 cm³/mol. The molecule has 2 N–H and O–H groups in total. The van der Waals surface area contributed by atoms with E-state index >= 15 is 0 Å². The molecule has 0 spiro atoms. The van der Waals surface area contributed by atoms with Gasteiger partial charge in [-0.1, -0.05) is 73.1 Å². The van der Waals surface area contributed by atoms with Crippen LogP contribution in [0.3, 0.4) is 0 Å². The quantitative estimate of drug-likeness (QED) is 0.0905. The summed E-state index contributed by atoms with van der Waals surface area (Å²) in [6.07, 6.45) is 12.9. The second kappa shape index (κ2) is 18.0. The SMILES string of the molecule is CCCCCCc1ccc(-c2ccc(-c3cc(-c4cc5sc(C(C)(C)N)cc5s4)sc3-c3sc(C(C)(C)C)cc3-c3ccc(-c4ccc(CCCCCC)s4)s3)s2)s1. The van der Waals surface area contributed by atoms with E-state index < -0.39 is 0 Å². The van der Waals surface area contributed by atoms with Gasteiger partial charge >= 0.3 is 0 Å². The maximum Gasteiger partial charge on any atom is 0.0542 e. The highest BCUT2D eigenvalue weighted by Crippen LogP contribution is 2.55. The molecule has 0 aliphatic carbocycles. The van der Waals surface area contributed by atoms with E-state index in [0.717, 1.165) is 0 Å². The summed E-state index contributed by atoms with van der Waals surface area (Å²) in [5, 5.41) is 0. The number of fused-ring (bicyclic) bond motifs is 1. The summed E-state index contributed by atoms with van der Waals surface area (Å²) in [5.74, 6) is 0. The maximum atomic E-state index is 6.54. The van der Waals surface area contributed by atoms with E-state index in [9.17, 15) is 0 Å². The molecule has 0 atom stereocenters. The first-order valence-electron chi connectivity index (χ1n) is 20.9. The summed E-state index contributed by atoms with van der Waals surface area (Å²) < 4.78 is 2.67. The molecule has 0 fully saturated rings. The minimum atomic E-state index is -0.329. The second-order valence-electron chi connectivity index (χ2n) is 17.1. The third-order valence-electron chi connectivity index (χ3n) is 10.6. The van der Waals surface area contributed by atoms with E-state index in [1.165, 1.54) is 153 Å². The van der Waals surface area contributed by atoms with Gasteiger partial charge in [0.25, 0.3) is 0 Å². The van der Waals surface area contributed by atoms with Crippen LogP contribution in [-0.4, -0.2) is 0 Å². The molecule has 1 nitrogen and oxygen atoms in total. The van der Waals surface area contributed by atoms with Gasteiger partial charge in [-0.2, -0.15) is 0 Å². The average molecular weight is 915 g/mol. The lowest BCUT2D eigenvalue weighted by Gasteiger charge is -2.15. The van der Waals surface area contributed by atoms with Gasteiger partial charge in [0, 0.05) is 84.6 Å². The molecule has 0 aliphatic rings. The lowest BCUT2D eigenvalue weighted by Crippen LogP contribution is -2.27. The van der Waals surface area contributed by atoms with Gasteiger partial charge in [-0.15, -0.1) is 90.7 Å². The predicted octanol–water partition coefficient (Wildman–Crippen LogP) is 19.1. The number of hydrogen-bond acceptors (Lipinski definition) is 9. The highest BCUT2D eigenvalue weighted by atomic mass is 32.1. The monoisotopic (exact) mass is 913 g/mol. The van der Waals surface area contributed by atoms with Crippen LogP contribution in [0.5, 0.6) is 0 Å². The molecule has 8 aromatic heterocycles. The Morgan fingerprint density at radius 1 is 0.414 bits per heavy atom. The summed E-state index contributed by atoms with van der Waals surface area (Å²) in [4.78, 5) is 19.5. The molecular weight excluding hydrogens is 859 g/mol. The molecule has 8 rings (SSSR count). The Balaban J connectivity index is 1.19. The van der Waals surface area contributed by atoms with Crippen molar-refractivity contribution >= 4 is 100 Å². The van der Waals surface area contributed by atoms with Gasteiger partial charge in [0.1, 0.15) is 0 Å². The number of thiophene rings is 8. The minimum Gasteiger partial charge on any atom is -0.321 e. The molecule has 0 amide bonds. The molecule has 0 aromatic carbocycles. The van der Waals surface area contributed by atoms with Crippen LogP contribution in [0.1, 0.15) is 119 Å². The fourth-order valence-corrected chi connectivity index (χ4v) is 16.7. The van der Waals surface area contributed by atoms with Crippen LogP contribution < -0.4 is 5.73 Å². The molecule has 8 heterocycles. The second-order valence-corrected chi connectivity index (χ2v) is 25.9. The molecule has 0 unspecified atom stereocenters. The van der Waals surface area contributed by atoms with Gasteiger partial charge in [0.15, 0.2) is 0 Å². The lowest BCUT2D eigenvalue weighted by atomic mass is 9.94. The zero-order valence-corrected chi connectivity index (χ0v) is 41.4. The Labute approximate surface area is 378 Å². The molecule has 0 radical (unpaired) electrons. The number of nitrogens with two attached hydrogens (primary N) is 1. The van der Waals surface area contributed by atoms with Gasteiger partial charge in [0.2, 0.25) is 0 Å². The van der Waals surface area contributed by atoms with Crippen molar-refractivity contribution in [3.63, 3.8) is 0 Å². The molecule has 58 heavy (non-hydrogen) atoms. The van der Waals surface area contributed by atoms with Gasteiger partial charge in [-0.05, 0) is 118 Å². The van der Waals surface area contributed by atoms with Crippen LogP contribution in [0, 0.1) is 0 Å². The molecule has 0 bridgehead atoms. The molecule has 0 saturated heterocycles. The first-order valence-corrected chi connectivity index (χ1v) is 27.4. The van der Waals surface area contributed by atoms with Crippen LogP contribution in [0.25, 0.3) is 69.3 Å². The molecule has 0 saturated carbocycles. The summed E-state index contributed by atoms with van der Waals surface area (Å²) in [7, 11) is 0. The topological polar surface area (TPSA) is 26.0 Å². The van der Waals surface area contributed by atoms with Gasteiger partial charge < -0.3 is 5.73 Å². The van der Waals surface area contributed by atoms with Crippen molar-refractivity contribution in [1.82, 2.24) is 0 Å². The van der Waals surface area contributed by atoms with E-state index in [4.69, 9.17) is 5.73 Å². The maximum absolute atomic E-state index is 6.54. The van der Waals surface area contributed by atoms with Crippen molar-refractivity contribution in [2.75, 3.05) is 0 Å². The van der Waals surface area contributed by atoms with Crippen LogP contribution in [0.4, 0.5) is 0 Å². The fourth-order valence-electron chi connectivity index (χ4n) is 7.22. The third-order valence-corrected chi connectivity index (χ3v) is 21.2. The first-order chi connectivity index (χ1) is 27.9. The van der Waals surface area contributed by atoms with Crippen LogP contribution in [-0.2, 0) is 23.8 Å². The normalized spacial score (nSPS) is 12.5. The Morgan fingerprint density at radius 3 is 1.43 bits per heavy atom. The largest absolute Gasteiger partial charge is 0.321 e. The van der Waals surface area contributed by atoms with E-state index in [1.54, 1.807) is 0 Å². The van der Waals surface area contributed by atoms with Crippen molar-refractivity contribution in [3.8, 4) is 59.9 Å². The van der Waals surface area contributed by atoms with Crippen molar-refractivity contribution in [3.05, 3.63) is 92.3 Å². The minimum absolute atomic E-state index is 0.0501. The standard InChI is InChI=1S/C49H55NS8/c1-8-10-12-14-16-30-18-20-36(51-30)38-24-22-34(53-38)32-26-40(41-28-42-43(55-41)29-45(56-42)49(6,7)50)57-46(32)47-33(27-44(58-47)48(3,4)5)35-23-25-39(54-35)37-21-19-31(52-37)17-15-13-11-9-2/h18-29H,8-17,50H2,1-7H3. The molecule has 8 aromatic rings. The molecule has 9 heteroatoms. The van der Waals surface area contributed by atoms with Crippen molar-refractivity contribution < 1.29 is 0 Å². The van der Waals surface area contributed by atoms with Crippen molar-refractivity contribution in [1.29, 1.82) is 0 Å². The smallest absolute Gasteiger partial charge is 0.0542 e. The van der Waals surface area contributed by atoms with Gasteiger partial charge in [-0.25, -0.2) is 0 Å². The number of hydrogen-bond donors (Lipinski definition) is 1. The highest BCUT2D eigenvalue weighted by molar-refractivity contribution is 7.32. The average Bonchev–Trinajstić information content (AvgIpc) is 4.02. The summed E-state index contributed by atoms with van der Waals surface area (Å²) in [5.41, 5.74) is 9.00. The summed E-state index contributed by atoms with van der Waals surface area (Å²) >= 11 is 15.6. The highest BCUT2D eigenvalue weighted by Gasteiger charge is 2.27. The number of aryl methyl sites for hydroxylation is 2. The Kier molecular flexibility index (Phi) is 13.2. The zero-order valence-electron chi connectivity index (χ0n) is 34.8.